The standard InChI is InChI=1S/C18H19ClIN3O3/c1-3-26-18-15(20)8-12(9-16(18)25-2)10-22-23-17(24)11-21-14-6-4-13(19)5-7-14/h4-10,21H,3,11H2,1-2H3,(H,23,24)/b22-10-. The van der Waals surface area contributed by atoms with E-state index < -0.39 is 0 Å². The Labute approximate surface area is 171 Å². The van der Waals surface area contributed by atoms with E-state index in [-0.39, 0.29) is 12.5 Å². The molecule has 6 nitrogen and oxygen atoms in total. The normalized spacial score (nSPS) is 10.6. The molecular formula is C18H19ClIN3O3. The zero-order chi connectivity index (χ0) is 18.9. The molecular weight excluding hydrogens is 469 g/mol. The number of ether oxygens (including phenoxy) is 2. The molecule has 2 rings (SSSR count). The van der Waals surface area contributed by atoms with Crippen molar-refractivity contribution in [3.8, 4) is 11.5 Å². The molecule has 0 radical (unpaired) electrons. The van der Waals surface area contributed by atoms with Crippen molar-refractivity contribution in [2.45, 2.75) is 6.92 Å². The summed E-state index contributed by atoms with van der Waals surface area (Å²) in [4.78, 5) is 11.8. The first-order valence-corrected chi connectivity index (χ1v) is 9.30. The molecule has 0 aromatic heterocycles. The van der Waals surface area contributed by atoms with Gasteiger partial charge in [0.25, 0.3) is 5.91 Å². The van der Waals surface area contributed by atoms with Crippen molar-refractivity contribution in [3.63, 3.8) is 0 Å². The predicted molar refractivity (Wildman–Crippen MR) is 113 cm³/mol. The highest BCUT2D eigenvalue weighted by molar-refractivity contribution is 14.1. The minimum atomic E-state index is -0.260. The van der Waals surface area contributed by atoms with Gasteiger partial charge in [-0.2, -0.15) is 5.10 Å². The maximum atomic E-state index is 11.8. The second kappa shape index (κ2) is 10.2. The Morgan fingerprint density at radius 2 is 2.04 bits per heavy atom. The smallest absolute Gasteiger partial charge is 0.259 e. The number of carbonyl (C=O) groups is 1. The monoisotopic (exact) mass is 487 g/mol. The van der Waals surface area contributed by atoms with Gasteiger partial charge in [-0.15, -0.1) is 0 Å². The number of methoxy groups -OCH3 is 1. The number of anilines is 1. The molecule has 0 atom stereocenters. The van der Waals surface area contributed by atoms with E-state index in [0.717, 1.165) is 14.8 Å². The second-order valence-corrected chi connectivity index (χ2v) is 6.72. The highest BCUT2D eigenvalue weighted by Crippen LogP contribution is 2.33. The van der Waals surface area contributed by atoms with Gasteiger partial charge >= 0.3 is 0 Å². The van der Waals surface area contributed by atoms with Crippen molar-refractivity contribution < 1.29 is 14.3 Å². The van der Waals surface area contributed by atoms with Crippen LogP contribution in [0.1, 0.15) is 12.5 Å². The number of hydrazone groups is 1. The lowest BCUT2D eigenvalue weighted by molar-refractivity contribution is -0.119. The minimum Gasteiger partial charge on any atom is -0.493 e. The molecule has 0 unspecified atom stereocenters. The van der Waals surface area contributed by atoms with E-state index >= 15 is 0 Å². The molecule has 0 aliphatic carbocycles. The van der Waals surface area contributed by atoms with Crippen LogP contribution in [0.3, 0.4) is 0 Å². The third-order valence-electron chi connectivity index (χ3n) is 3.24. The fraction of sp³-hybridized carbons (Fsp3) is 0.222. The van der Waals surface area contributed by atoms with Gasteiger partial charge in [-0.25, -0.2) is 5.43 Å². The van der Waals surface area contributed by atoms with Crippen LogP contribution in [0.15, 0.2) is 41.5 Å². The molecule has 138 valence electrons. The summed E-state index contributed by atoms with van der Waals surface area (Å²) < 4.78 is 11.8. The second-order valence-electron chi connectivity index (χ2n) is 5.12. The molecule has 0 heterocycles. The third-order valence-corrected chi connectivity index (χ3v) is 4.29. The summed E-state index contributed by atoms with van der Waals surface area (Å²) in [5.74, 6) is 1.06. The Hall–Kier alpha value is -2.00. The summed E-state index contributed by atoms with van der Waals surface area (Å²) in [6.07, 6.45) is 1.56. The van der Waals surface area contributed by atoms with Crippen LogP contribution in [-0.2, 0) is 4.79 Å². The zero-order valence-electron chi connectivity index (χ0n) is 14.4. The molecule has 0 spiro atoms. The topological polar surface area (TPSA) is 72.0 Å². The average Bonchev–Trinajstić information content (AvgIpc) is 2.63. The summed E-state index contributed by atoms with van der Waals surface area (Å²) in [6.45, 7) is 2.57. The molecule has 26 heavy (non-hydrogen) atoms. The number of carbonyl (C=O) groups excluding carboxylic acids is 1. The maximum Gasteiger partial charge on any atom is 0.259 e. The lowest BCUT2D eigenvalue weighted by Gasteiger charge is -2.12. The summed E-state index contributed by atoms with van der Waals surface area (Å²) in [7, 11) is 1.58. The molecule has 8 heteroatoms. The number of halogens is 2. The Balaban J connectivity index is 1.91. The zero-order valence-corrected chi connectivity index (χ0v) is 17.3. The largest absolute Gasteiger partial charge is 0.493 e. The van der Waals surface area contributed by atoms with Crippen LogP contribution < -0.4 is 20.2 Å². The molecule has 0 aliphatic rings. The summed E-state index contributed by atoms with van der Waals surface area (Å²) in [5.41, 5.74) is 4.07. The SMILES string of the molecule is CCOc1c(I)cc(/C=N\NC(=O)CNc2ccc(Cl)cc2)cc1OC. The third kappa shape index (κ3) is 6.06. The Kier molecular flexibility index (Phi) is 7.99. The first-order chi connectivity index (χ1) is 12.5. The fourth-order valence-corrected chi connectivity index (χ4v) is 2.97. The summed E-state index contributed by atoms with van der Waals surface area (Å²) >= 11 is 7.99. The van der Waals surface area contributed by atoms with Crippen LogP contribution in [-0.4, -0.2) is 32.4 Å². The van der Waals surface area contributed by atoms with Crippen LogP contribution >= 0.6 is 34.2 Å². The van der Waals surface area contributed by atoms with Crippen molar-refractivity contribution >= 4 is 52.0 Å². The molecule has 0 fully saturated rings. The molecule has 0 aliphatic heterocycles. The molecule has 0 saturated carbocycles. The summed E-state index contributed by atoms with van der Waals surface area (Å²) in [5, 5.41) is 7.61. The van der Waals surface area contributed by atoms with Gasteiger partial charge in [-0.05, 0) is 71.5 Å². The van der Waals surface area contributed by atoms with Crippen molar-refractivity contribution in [2.24, 2.45) is 5.10 Å². The van der Waals surface area contributed by atoms with Crippen LogP contribution in [0, 0.1) is 3.57 Å². The number of amides is 1. The highest BCUT2D eigenvalue weighted by atomic mass is 127. The Bertz CT molecular complexity index is 782. The van der Waals surface area contributed by atoms with Crippen LogP contribution in [0.25, 0.3) is 0 Å². The van der Waals surface area contributed by atoms with Gasteiger partial charge in [0.05, 0.1) is 30.0 Å². The number of benzene rings is 2. The van der Waals surface area contributed by atoms with Crippen molar-refractivity contribution in [1.82, 2.24) is 5.43 Å². The van der Waals surface area contributed by atoms with Crippen molar-refractivity contribution in [3.05, 3.63) is 50.6 Å². The van der Waals surface area contributed by atoms with Crippen molar-refractivity contribution in [2.75, 3.05) is 25.6 Å². The number of nitrogens with one attached hydrogen (secondary N) is 2. The molecule has 0 saturated heterocycles. The van der Waals surface area contributed by atoms with Gasteiger partial charge in [0.2, 0.25) is 0 Å². The van der Waals surface area contributed by atoms with E-state index in [1.807, 2.05) is 13.0 Å². The average molecular weight is 488 g/mol. The lowest BCUT2D eigenvalue weighted by atomic mass is 10.2. The molecule has 0 bridgehead atoms. The number of hydrogen-bond acceptors (Lipinski definition) is 5. The van der Waals surface area contributed by atoms with Crippen LogP contribution in [0.4, 0.5) is 5.69 Å². The van der Waals surface area contributed by atoms with Gasteiger partial charge in [0.1, 0.15) is 0 Å². The highest BCUT2D eigenvalue weighted by Gasteiger charge is 2.10. The Morgan fingerprint density at radius 1 is 1.31 bits per heavy atom. The van der Waals surface area contributed by atoms with E-state index in [1.165, 1.54) is 0 Å². The van der Waals surface area contributed by atoms with Gasteiger partial charge < -0.3 is 14.8 Å². The minimum absolute atomic E-state index is 0.100. The van der Waals surface area contributed by atoms with E-state index in [2.05, 4.69) is 38.4 Å². The predicted octanol–water partition coefficient (Wildman–Crippen LogP) is 3.91. The van der Waals surface area contributed by atoms with Gasteiger partial charge in [-0.3, -0.25) is 4.79 Å². The molecule has 2 aromatic rings. The first-order valence-electron chi connectivity index (χ1n) is 7.85. The van der Waals surface area contributed by atoms with E-state index in [0.29, 0.717) is 23.1 Å². The molecule has 1 amide bonds. The van der Waals surface area contributed by atoms with E-state index in [9.17, 15) is 4.79 Å². The quantitative estimate of drug-likeness (QED) is 0.336. The molecule has 2 aromatic carbocycles. The van der Waals surface area contributed by atoms with E-state index in [1.54, 1.807) is 43.7 Å². The van der Waals surface area contributed by atoms with Crippen LogP contribution in [0.5, 0.6) is 11.5 Å². The number of hydrogen-bond donors (Lipinski definition) is 2. The number of nitrogens with zero attached hydrogens (tertiary/aromatic N) is 1. The van der Waals surface area contributed by atoms with Gasteiger partial charge in [-0.1, -0.05) is 11.6 Å². The molecule has 2 N–H and O–H groups in total. The Morgan fingerprint density at radius 3 is 2.69 bits per heavy atom. The first kappa shape index (κ1) is 20.3. The van der Waals surface area contributed by atoms with Gasteiger partial charge in [0, 0.05) is 10.7 Å². The van der Waals surface area contributed by atoms with Crippen molar-refractivity contribution in [1.29, 1.82) is 0 Å². The van der Waals surface area contributed by atoms with Crippen LogP contribution in [0.2, 0.25) is 5.02 Å². The lowest BCUT2D eigenvalue weighted by Crippen LogP contribution is -2.25. The fourth-order valence-electron chi connectivity index (χ4n) is 2.07. The summed E-state index contributed by atoms with van der Waals surface area (Å²) in [6, 6.07) is 10.8. The van der Waals surface area contributed by atoms with E-state index in [4.69, 9.17) is 21.1 Å². The van der Waals surface area contributed by atoms with Gasteiger partial charge in [0.15, 0.2) is 11.5 Å². The number of rotatable bonds is 8. The maximum absolute atomic E-state index is 11.8.